The third-order valence-corrected chi connectivity index (χ3v) is 8.24. The average Bonchev–Trinajstić information content (AvgIpc) is 1.87. The Morgan fingerprint density at radius 1 is 0.909 bits per heavy atom. The molecular formula is C6H14O2S3. The molecule has 0 rings (SSSR count). The van der Waals surface area contributed by atoms with Gasteiger partial charge in [0, 0.05) is 20.3 Å². The summed E-state index contributed by atoms with van der Waals surface area (Å²) in [6.45, 7) is 7.45. The van der Waals surface area contributed by atoms with Crippen LogP contribution in [0.5, 0.6) is 0 Å². The van der Waals surface area contributed by atoms with Crippen LogP contribution in [0.15, 0.2) is 0 Å². The van der Waals surface area contributed by atoms with Crippen LogP contribution in [0.3, 0.4) is 0 Å². The molecular weight excluding hydrogens is 200 g/mol. The second-order valence-corrected chi connectivity index (χ2v) is 9.35. The van der Waals surface area contributed by atoms with Gasteiger partial charge < -0.3 is 0 Å². The van der Waals surface area contributed by atoms with Crippen molar-refractivity contribution in [2.45, 2.75) is 38.2 Å². The predicted octanol–water partition coefficient (Wildman–Crippen LogP) is 1.86. The SMILES string of the molecule is CC(C)S(=O)SS(=O)C(C)C. The summed E-state index contributed by atoms with van der Waals surface area (Å²) in [6.07, 6.45) is 0. The monoisotopic (exact) mass is 214 g/mol. The van der Waals surface area contributed by atoms with Gasteiger partial charge in [0.2, 0.25) is 0 Å². The first-order chi connectivity index (χ1) is 4.95. The van der Waals surface area contributed by atoms with Crippen molar-refractivity contribution in [3.05, 3.63) is 0 Å². The summed E-state index contributed by atoms with van der Waals surface area (Å²) in [4.78, 5) is 0. The van der Waals surface area contributed by atoms with E-state index in [0.29, 0.717) is 0 Å². The maximum atomic E-state index is 11.1. The van der Waals surface area contributed by atoms with E-state index in [1.807, 2.05) is 27.7 Å². The lowest BCUT2D eigenvalue weighted by atomic mass is 10.6. The van der Waals surface area contributed by atoms with Crippen molar-refractivity contribution in [2.24, 2.45) is 0 Å². The van der Waals surface area contributed by atoms with Gasteiger partial charge in [-0.3, -0.25) is 0 Å². The van der Waals surface area contributed by atoms with Gasteiger partial charge in [-0.1, -0.05) is 27.7 Å². The molecule has 0 bridgehead atoms. The third-order valence-electron chi connectivity index (χ3n) is 0.904. The van der Waals surface area contributed by atoms with Gasteiger partial charge >= 0.3 is 0 Å². The van der Waals surface area contributed by atoms with E-state index in [2.05, 4.69) is 0 Å². The molecule has 5 heteroatoms. The van der Waals surface area contributed by atoms with Crippen molar-refractivity contribution in [1.82, 2.24) is 0 Å². The summed E-state index contributed by atoms with van der Waals surface area (Å²) in [7, 11) is -0.952. The minimum absolute atomic E-state index is 0.0858. The molecule has 0 amide bonds. The molecule has 0 saturated carbocycles. The quantitative estimate of drug-likeness (QED) is 0.670. The maximum absolute atomic E-state index is 11.1. The van der Waals surface area contributed by atoms with Gasteiger partial charge in [0.25, 0.3) is 0 Å². The zero-order chi connectivity index (χ0) is 9.02. The highest BCUT2D eigenvalue weighted by Crippen LogP contribution is 2.20. The Balaban J connectivity index is 3.86. The van der Waals surface area contributed by atoms with Gasteiger partial charge in [-0.2, -0.15) is 0 Å². The molecule has 0 aromatic rings. The Morgan fingerprint density at radius 3 is 1.36 bits per heavy atom. The molecule has 68 valence electrons. The molecule has 11 heavy (non-hydrogen) atoms. The van der Waals surface area contributed by atoms with E-state index < -0.39 is 19.7 Å². The van der Waals surface area contributed by atoms with Crippen molar-refractivity contribution in [1.29, 1.82) is 0 Å². The zero-order valence-electron chi connectivity index (χ0n) is 7.20. The Bertz CT molecular complexity index is 147. The minimum Gasteiger partial charge on any atom is -0.247 e. The van der Waals surface area contributed by atoms with E-state index >= 15 is 0 Å². The molecule has 0 aliphatic heterocycles. The fourth-order valence-corrected chi connectivity index (χ4v) is 6.03. The number of hydrogen-bond acceptors (Lipinski definition) is 3. The third kappa shape index (κ3) is 4.98. The lowest BCUT2D eigenvalue weighted by Crippen LogP contribution is -2.07. The van der Waals surface area contributed by atoms with E-state index in [1.165, 1.54) is 0 Å². The van der Waals surface area contributed by atoms with Gasteiger partial charge in [-0.25, -0.2) is 8.42 Å². The first-order valence-corrected chi connectivity index (χ1v) is 7.72. The summed E-state index contributed by atoms with van der Waals surface area (Å²) in [5.41, 5.74) is 0. The maximum Gasteiger partial charge on any atom is 0.0961 e. The van der Waals surface area contributed by atoms with Gasteiger partial charge in [0.1, 0.15) is 0 Å². The Labute approximate surface area is 76.2 Å². The summed E-state index contributed by atoms with van der Waals surface area (Å²) in [5, 5.41) is 0.172. The molecule has 0 aromatic heterocycles. The second kappa shape index (κ2) is 5.32. The number of rotatable bonds is 4. The molecule has 0 saturated heterocycles. The molecule has 2 atom stereocenters. The summed E-state index contributed by atoms with van der Waals surface area (Å²) in [5.74, 6) is 0. The molecule has 0 fully saturated rings. The van der Waals surface area contributed by atoms with Crippen molar-refractivity contribution in [2.75, 3.05) is 0 Å². The van der Waals surface area contributed by atoms with Crippen molar-refractivity contribution < 1.29 is 8.42 Å². The lowest BCUT2D eigenvalue weighted by Gasteiger charge is -2.05. The predicted molar refractivity (Wildman–Crippen MR) is 54.1 cm³/mol. The molecule has 0 radical (unpaired) electrons. The van der Waals surface area contributed by atoms with E-state index in [-0.39, 0.29) is 10.5 Å². The highest BCUT2D eigenvalue weighted by molar-refractivity contribution is 9.01. The van der Waals surface area contributed by atoms with E-state index in [4.69, 9.17) is 0 Å². The highest BCUT2D eigenvalue weighted by atomic mass is 33.5. The van der Waals surface area contributed by atoms with E-state index in [1.54, 1.807) is 0 Å². The van der Waals surface area contributed by atoms with Crippen LogP contribution in [0.2, 0.25) is 0 Å². The van der Waals surface area contributed by atoms with Crippen LogP contribution in [-0.2, 0) is 19.7 Å². The molecule has 0 heterocycles. The molecule has 0 aromatic carbocycles. The van der Waals surface area contributed by atoms with E-state index in [9.17, 15) is 8.42 Å². The van der Waals surface area contributed by atoms with Gasteiger partial charge in [0.05, 0.1) is 19.7 Å². The second-order valence-electron chi connectivity index (χ2n) is 2.69. The highest BCUT2D eigenvalue weighted by Gasteiger charge is 2.13. The summed E-state index contributed by atoms with van der Waals surface area (Å²) in [6, 6.07) is 0. The average molecular weight is 214 g/mol. The van der Waals surface area contributed by atoms with Crippen molar-refractivity contribution in [3.8, 4) is 0 Å². The Morgan fingerprint density at radius 2 is 1.18 bits per heavy atom. The first-order valence-electron chi connectivity index (χ1n) is 3.45. The van der Waals surface area contributed by atoms with Gasteiger partial charge in [-0.15, -0.1) is 0 Å². The minimum atomic E-state index is -1.01. The van der Waals surface area contributed by atoms with Crippen LogP contribution in [-0.4, -0.2) is 18.9 Å². The lowest BCUT2D eigenvalue weighted by molar-refractivity contribution is 0.684. The summed E-state index contributed by atoms with van der Waals surface area (Å²) < 4.78 is 22.3. The molecule has 2 nitrogen and oxygen atoms in total. The fraction of sp³-hybridized carbons (Fsp3) is 1.00. The fourth-order valence-electron chi connectivity index (χ4n) is 0.223. The van der Waals surface area contributed by atoms with Crippen LogP contribution in [0.25, 0.3) is 0 Å². The molecule has 0 spiro atoms. The standard InChI is InChI=1S/C6H14O2S3/c1-5(2)10(7)9-11(8)6(3)4/h5-6H,1-4H3. The van der Waals surface area contributed by atoms with Crippen LogP contribution in [0.1, 0.15) is 27.7 Å². The van der Waals surface area contributed by atoms with Crippen LogP contribution in [0.4, 0.5) is 0 Å². The molecule has 0 N–H and O–H groups in total. The topological polar surface area (TPSA) is 34.1 Å². The Hall–Kier alpha value is 0.650. The van der Waals surface area contributed by atoms with Crippen molar-refractivity contribution >= 4 is 29.5 Å². The largest absolute Gasteiger partial charge is 0.247 e. The first kappa shape index (κ1) is 11.6. The molecule has 2 unspecified atom stereocenters. The van der Waals surface area contributed by atoms with Gasteiger partial charge in [-0.05, 0) is 0 Å². The van der Waals surface area contributed by atoms with Crippen LogP contribution >= 0.6 is 9.83 Å². The van der Waals surface area contributed by atoms with Crippen molar-refractivity contribution in [3.63, 3.8) is 0 Å². The zero-order valence-corrected chi connectivity index (χ0v) is 9.65. The smallest absolute Gasteiger partial charge is 0.0961 e. The van der Waals surface area contributed by atoms with E-state index in [0.717, 1.165) is 9.83 Å². The van der Waals surface area contributed by atoms with Crippen LogP contribution in [0, 0.1) is 0 Å². The number of hydrogen-bond donors (Lipinski definition) is 0. The summed E-state index contributed by atoms with van der Waals surface area (Å²) >= 11 is 0. The van der Waals surface area contributed by atoms with Crippen LogP contribution < -0.4 is 0 Å². The molecule has 0 aliphatic rings. The molecule has 0 aliphatic carbocycles. The van der Waals surface area contributed by atoms with Gasteiger partial charge in [0.15, 0.2) is 0 Å². The Kier molecular flexibility index (Phi) is 5.64. The normalized spacial score (nSPS) is 17.3.